The van der Waals surface area contributed by atoms with Crippen LogP contribution in [0, 0.1) is 11.7 Å². The third kappa shape index (κ3) is 4.07. The van der Waals surface area contributed by atoms with Crippen LogP contribution >= 0.6 is 0 Å². The van der Waals surface area contributed by atoms with Gasteiger partial charge in [0.05, 0.1) is 0 Å². The normalized spacial score (nSPS) is 20.3. The monoisotopic (exact) mass is 250 g/mol. The van der Waals surface area contributed by atoms with E-state index < -0.39 is 0 Å². The molecule has 1 aliphatic rings. The van der Waals surface area contributed by atoms with Crippen LogP contribution in [0.1, 0.15) is 24.8 Å². The number of piperidine rings is 1. The summed E-state index contributed by atoms with van der Waals surface area (Å²) in [6, 6.07) is 7.05. The smallest absolute Gasteiger partial charge is 0.127 e. The molecule has 1 heterocycles. The molecule has 1 N–H and O–H groups in total. The van der Waals surface area contributed by atoms with Crippen LogP contribution in [0.4, 0.5) is 4.39 Å². The minimum absolute atomic E-state index is 0.0938. The average Bonchev–Trinajstić information content (AvgIpc) is 2.40. The molecule has 0 bridgehead atoms. The van der Waals surface area contributed by atoms with Gasteiger partial charge < -0.3 is 10.2 Å². The number of nitrogens with zero attached hydrogens (tertiary/aromatic N) is 1. The van der Waals surface area contributed by atoms with Crippen molar-refractivity contribution in [1.82, 2.24) is 10.2 Å². The lowest BCUT2D eigenvalue weighted by atomic mass is 9.96. The van der Waals surface area contributed by atoms with E-state index in [4.69, 9.17) is 0 Å². The number of hydrogen-bond acceptors (Lipinski definition) is 2. The lowest BCUT2D eigenvalue weighted by molar-refractivity contribution is 0.266. The Kier molecular flexibility index (Phi) is 5.14. The van der Waals surface area contributed by atoms with Crippen molar-refractivity contribution in [2.45, 2.75) is 25.8 Å². The molecule has 18 heavy (non-hydrogen) atoms. The van der Waals surface area contributed by atoms with Gasteiger partial charge in [0.25, 0.3) is 0 Å². The Hall–Kier alpha value is -0.930. The second-order valence-corrected chi connectivity index (χ2v) is 5.33. The molecule has 0 amide bonds. The molecule has 1 aromatic rings. The highest BCUT2D eigenvalue weighted by molar-refractivity contribution is 5.16. The summed E-state index contributed by atoms with van der Waals surface area (Å²) in [7, 11) is 2.07. The largest absolute Gasteiger partial charge is 0.316 e. The summed E-state index contributed by atoms with van der Waals surface area (Å²) in [5, 5.41) is 3.44. The van der Waals surface area contributed by atoms with Gasteiger partial charge in [-0.1, -0.05) is 18.2 Å². The van der Waals surface area contributed by atoms with Crippen molar-refractivity contribution in [3.63, 3.8) is 0 Å². The molecular formula is C15H23FN2. The van der Waals surface area contributed by atoms with Gasteiger partial charge >= 0.3 is 0 Å². The fraction of sp³-hybridized carbons (Fsp3) is 0.600. The zero-order chi connectivity index (χ0) is 12.8. The van der Waals surface area contributed by atoms with Crippen LogP contribution in [-0.2, 0) is 6.54 Å². The molecule has 1 atom stereocenters. The third-order valence-corrected chi connectivity index (χ3v) is 3.72. The SMILES string of the molecule is CN(CCC1CCCNC1)Cc1ccccc1F. The number of nitrogens with one attached hydrogen (secondary N) is 1. The summed E-state index contributed by atoms with van der Waals surface area (Å²) in [4.78, 5) is 2.22. The number of halogens is 1. The first-order chi connectivity index (χ1) is 8.75. The van der Waals surface area contributed by atoms with E-state index in [0.29, 0.717) is 6.54 Å². The van der Waals surface area contributed by atoms with E-state index in [1.54, 1.807) is 6.07 Å². The van der Waals surface area contributed by atoms with Gasteiger partial charge in [-0.3, -0.25) is 0 Å². The van der Waals surface area contributed by atoms with Crippen LogP contribution in [0.5, 0.6) is 0 Å². The van der Waals surface area contributed by atoms with Gasteiger partial charge in [-0.15, -0.1) is 0 Å². The van der Waals surface area contributed by atoms with Crippen molar-refractivity contribution < 1.29 is 4.39 Å². The van der Waals surface area contributed by atoms with Crippen molar-refractivity contribution >= 4 is 0 Å². The molecule has 100 valence electrons. The van der Waals surface area contributed by atoms with Gasteiger partial charge in [-0.2, -0.15) is 0 Å². The third-order valence-electron chi connectivity index (χ3n) is 3.72. The van der Waals surface area contributed by atoms with Gasteiger partial charge in [-0.25, -0.2) is 4.39 Å². The van der Waals surface area contributed by atoms with Crippen LogP contribution in [0.2, 0.25) is 0 Å². The molecule has 0 radical (unpaired) electrons. The van der Waals surface area contributed by atoms with Crippen molar-refractivity contribution in [3.05, 3.63) is 35.6 Å². The molecule has 0 aliphatic carbocycles. The minimum atomic E-state index is -0.0938. The summed E-state index contributed by atoms with van der Waals surface area (Å²) < 4.78 is 13.5. The second-order valence-electron chi connectivity index (χ2n) is 5.33. The number of benzene rings is 1. The van der Waals surface area contributed by atoms with Gasteiger partial charge in [0.2, 0.25) is 0 Å². The van der Waals surface area contributed by atoms with Crippen LogP contribution < -0.4 is 5.32 Å². The fourth-order valence-corrected chi connectivity index (χ4v) is 2.57. The first-order valence-electron chi connectivity index (χ1n) is 6.88. The first-order valence-corrected chi connectivity index (χ1v) is 6.88. The van der Waals surface area contributed by atoms with E-state index in [1.807, 2.05) is 12.1 Å². The molecule has 1 fully saturated rings. The fourth-order valence-electron chi connectivity index (χ4n) is 2.57. The van der Waals surface area contributed by atoms with Crippen LogP contribution in [0.15, 0.2) is 24.3 Å². The maximum atomic E-state index is 13.5. The maximum Gasteiger partial charge on any atom is 0.127 e. The predicted octanol–water partition coefficient (Wildman–Crippen LogP) is 2.65. The Labute approximate surface area is 109 Å². The quantitative estimate of drug-likeness (QED) is 0.864. The van der Waals surface area contributed by atoms with Crippen molar-refractivity contribution in [3.8, 4) is 0 Å². The molecule has 2 nitrogen and oxygen atoms in total. The average molecular weight is 250 g/mol. The van der Waals surface area contributed by atoms with E-state index >= 15 is 0 Å². The highest BCUT2D eigenvalue weighted by Gasteiger charge is 2.13. The molecule has 1 aliphatic heterocycles. The van der Waals surface area contributed by atoms with Gasteiger partial charge in [-0.05, 0) is 57.9 Å². The summed E-state index contributed by atoms with van der Waals surface area (Å²) in [6.07, 6.45) is 3.83. The standard InChI is InChI=1S/C15H23FN2/c1-18(10-8-13-5-4-9-17-11-13)12-14-6-2-3-7-15(14)16/h2-3,6-7,13,17H,4-5,8-12H2,1H3. The summed E-state index contributed by atoms with van der Waals surface area (Å²) in [5.74, 6) is 0.700. The Morgan fingerprint density at radius 2 is 2.22 bits per heavy atom. The Balaban J connectivity index is 1.74. The topological polar surface area (TPSA) is 15.3 Å². The highest BCUT2D eigenvalue weighted by atomic mass is 19.1. The zero-order valence-corrected chi connectivity index (χ0v) is 11.2. The lowest BCUT2D eigenvalue weighted by Gasteiger charge is -2.25. The maximum absolute atomic E-state index is 13.5. The highest BCUT2D eigenvalue weighted by Crippen LogP contribution is 2.15. The van der Waals surface area contributed by atoms with E-state index in [1.165, 1.54) is 31.9 Å². The molecule has 2 rings (SSSR count). The second kappa shape index (κ2) is 6.86. The predicted molar refractivity (Wildman–Crippen MR) is 72.9 cm³/mol. The van der Waals surface area contributed by atoms with Gasteiger partial charge in [0.1, 0.15) is 5.82 Å². The molecule has 0 aromatic heterocycles. The molecule has 0 saturated carbocycles. The molecule has 1 aromatic carbocycles. The zero-order valence-electron chi connectivity index (χ0n) is 11.2. The lowest BCUT2D eigenvalue weighted by Crippen LogP contribution is -2.32. The Bertz CT molecular complexity index is 361. The first kappa shape index (κ1) is 13.5. The Morgan fingerprint density at radius 1 is 1.39 bits per heavy atom. The number of hydrogen-bond donors (Lipinski definition) is 1. The minimum Gasteiger partial charge on any atom is -0.316 e. The molecule has 0 spiro atoms. The molecular weight excluding hydrogens is 227 g/mol. The Morgan fingerprint density at radius 3 is 2.94 bits per heavy atom. The van der Waals surface area contributed by atoms with E-state index in [0.717, 1.165) is 24.6 Å². The summed E-state index contributed by atoms with van der Waals surface area (Å²) in [5.41, 5.74) is 0.793. The van der Waals surface area contributed by atoms with Gasteiger partial charge in [0.15, 0.2) is 0 Å². The summed E-state index contributed by atoms with van der Waals surface area (Å²) >= 11 is 0. The van der Waals surface area contributed by atoms with E-state index in [2.05, 4.69) is 17.3 Å². The molecule has 1 unspecified atom stereocenters. The summed E-state index contributed by atoms with van der Waals surface area (Å²) in [6.45, 7) is 4.06. The van der Waals surface area contributed by atoms with Crippen molar-refractivity contribution in [2.24, 2.45) is 5.92 Å². The van der Waals surface area contributed by atoms with Crippen LogP contribution in [-0.4, -0.2) is 31.6 Å². The van der Waals surface area contributed by atoms with Crippen molar-refractivity contribution in [1.29, 1.82) is 0 Å². The molecule has 3 heteroatoms. The van der Waals surface area contributed by atoms with Crippen LogP contribution in [0.25, 0.3) is 0 Å². The number of rotatable bonds is 5. The van der Waals surface area contributed by atoms with Gasteiger partial charge in [0, 0.05) is 12.1 Å². The van der Waals surface area contributed by atoms with Crippen molar-refractivity contribution in [2.75, 3.05) is 26.7 Å². The molecule has 1 saturated heterocycles. The van der Waals surface area contributed by atoms with E-state index in [-0.39, 0.29) is 5.82 Å². The van der Waals surface area contributed by atoms with E-state index in [9.17, 15) is 4.39 Å². The van der Waals surface area contributed by atoms with Crippen LogP contribution in [0.3, 0.4) is 0 Å².